The van der Waals surface area contributed by atoms with Crippen LogP contribution in [0.2, 0.25) is 0 Å². The predicted octanol–water partition coefficient (Wildman–Crippen LogP) is 1.03. The van der Waals surface area contributed by atoms with Gasteiger partial charge in [0.1, 0.15) is 11.8 Å². The molecule has 1 heterocycles. The summed E-state index contributed by atoms with van der Waals surface area (Å²) in [6, 6.07) is 7.18. The highest BCUT2D eigenvalue weighted by Gasteiger charge is 2.07. The molecule has 0 spiro atoms. The Bertz CT molecular complexity index is 812. The van der Waals surface area contributed by atoms with Crippen molar-refractivity contribution < 1.29 is 4.74 Å². The number of ether oxygens (including phenoxy) is 1. The van der Waals surface area contributed by atoms with E-state index < -0.39 is 5.69 Å². The van der Waals surface area contributed by atoms with Gasteiger partial charge in [-0.1, -0.05) is 13.0 Å². The molecule has 0 aliphatic rings. The van der Waals surface area contributed by atoms with Gasteiger partial charge >= 0.3 is 5.69 Å². The van der Waals surface area contributed by atoms with Crippen LogP contribution in [0.5, 0.6) is 5.75 Å². The lowest BCUT2D eigenvalue weighted by atomic mass is 10.1. The van der Waals surface area contributed by atoms with E-state index in [0.717, 1.165) is 5.56 Å². The summed E-state index contributed by atoms with van der Waals surface area (Å²) >= 11 is 0. The van der Waals surface area contributed by atoms with Crippen molar-refractivity contribution in [2.45, 2.75) is 19.9 Å². The zero-order valence-electron chi connectivity index (χ0n) is 11.8. The number of rotatable bonds is 4. The van der Waals surface area contributed by atoms with Gasteiger partial charge in [-0.2, -0.15) is 5.26 Å². The Morgan fingerprint density at radius 2 is 2.14 bits per heavy atom. The molecule has 108 valence electrons. The van der Waals surface area contributed by atoms with E-state index >= 15 is 0 Å². The first-order valence-electron chi connectivity index (χ1n) is 6.48. The Labute approximate surface area is 121 Å². The predicted molar refractivity (Wildman–Crippen MR) is 77.5 cm³/mol. The van der Waals surface area contributed by atoms with Crippen molar-refractivity contribution in [2.75, 3.05) is 7.11 Å². The molecule has 21 heavy (non-hydrogen) atoms. The number of benzene rings is 1. The lowest BCUT2D eigenvalue weighted by Crippen LogP contribution is -2.31. The number of methoxy groups -OCH3 is 1. The van der Waals surface area contributed by atoms with Crippen LogP contribution in [0.1, 0.15) is 23.6 Å². The molecule has 0 fully saturated rings. The number of nitrogens with one attached hydrogen (secondary N) is 1. The first kappa shape index (κ1) is 14.6. The van der Waals surface area contributed by atoms with E-state index in [4.69, 9.17) is 10.00 Å². The normalized spacial score (nSPS) is 10.1. The van der Waals surface area contributed by atoms with E-state index in [2.05, 4.69) is 4.98 Å². The van der Waals surface area contributed by atoms with Crippen molar-refractivity contribution in [3.8, 4) is 11.8 Å². The Kier molecular flexibility index (Phi) is 4.24. The smallest absolute Gasteiger partial charge is 0.328 e. The van der Waals surface area contributed by atoms with Gasteiger partial charge in [0.25, 0.3) is 5.56 Å². The van der Waals surface area contributed by atoms with Crippen molar-refractivity contribution in [1.29, 1.82) is 5.26 Å². The number of aryl methyl sites for hydroxylation is 1. The summed E-state index contributed by atoms with van der Waals surface area (Å²) in [5, 5.41) is 9.07. The van der Waals surface area contributed by atoms with Crippen molar-refractivity contribution in [2.24, 2.45) is 0 Å². The highest BCUT2D eigenvalue weighted by molar-refractivity contribution is 5.45. The zero-order chi connectivity index (χ0) is 15.4. The van der Waals surface area contributed by atoms with Crippen LogP contribution in [-0.2, 0) is 13.0 Å². The van der Waals surface area contributed by atoms with Crippen LogP contribution in [0.4, 0.5) is 0 Å². The third-order valence-corrected chi connectivity index (χ3v) is 3.20. The number of aromatic nitrogens is 2. The summed E-state index contributed by atoms with van der Waals surface area (Å²) in [6.45, 7) is 2.13. The summed E-state index contributed by atoms with van der Waals surface area (Å²) < 4.78 is 6.50. The van der Waals surface area contributed by atoms with Crippen LogP contribution in [0.3, 0.4) is 0 Å². The molecule has 0 radical (unpaired) electrons. The second-order valence-electron chi connectivity index (χ2n) is 4.54. The SMILES string of the molecule is CCc1cn(Cc2ccc(OC)c(C#N)c2)c(=O)[nH]c1=O. The fraction of sp³-hybridized carbons (Fsp3) is 0.267. The minimum Gasteiger partial charge on any atom is -0.495 e. The molecule has 0 aliphatic carbocycles. The molecular weight excluding hydrogens is 270 g/mol. The van der Waals surface area contributed by atoms with Crippen molar-refractivity contribution in [3.63, 3.8) is 0 Å². The van der Waals surface area contributed by atoms with Gasteiger partial charge in [0.2, 0.25) is 0 Å². The zero-order valence-corrected chi connectivity index (χ0v) is 11.8. The molecule has 0 saturated heterocycles. The number of hydrogen-bond acceptors (Lipinski definition) is 4. The van der Waals surface area contributed by atoms with E-state index in [-0.39, 0.29) is 12.1 Å². The van der Waals surface area contributed by atoms with Crippen LogP contribution in [-0.4, -0.2) is 16.7 Å². The molecule has 2 aromatic rings. The summed E-state index contributed by atoms with van der Waals surface area (Å²) in [5.41, 5.74) is 0.910. The van der Waals surface area contributed by atoms with Crippen LogP contribution >= 0.6 is 0 Å². The Balaban J connectivity index is 2.41. The minimum atomic E-state index is -0.466. The molecule has 0 amide bonds. The van der Waals surface area contributed by atoms with Crippen molar-refractivity contribution in [3.05, 3.63) is 61.9 Å². The van der Waals surface area contributed by atoms with Gasteiger partial charge in [-0.05, 0) is 24.1 Å². The second kappa shape index (κ2) is 6.09. The van der Waals surface area contributed by atoms with E-state index in [1.54, 1.807) is 24.4 Å². The van der Waals surface area contributed by atoms with Gasteiger partial charge in [-0.3, -0.25) is 14.3 Å². The largest absolute Gasteiger partial charge is 0.495 e. The fourth-order valence-electron chi connectivity index (χ4n) is 2.06. The molecular formula is C15H15N3O3. The number of nitrogens with zero attached hydrogens (tertiary/aromatic N) is 2. The molecule has 0 saturated carbocycles. The first-order valence-corrected chi connectivity index (χ1v) is 6.48. The minimum absolute atomic E-state index is 0.279. The molecule has 0 aliphatic heterocycles. The molecule has 0 bridgehead atoms. The summed E-state index contributed by atoms with van der Waals surface area (Å²) in [4.78, 5) is 25.6. The summed E-state index contributed by atoms with van der Waals surface area (Å²) in [5.74, 6) is 0.490. The second-order valence-corrected chi connectivity index (χ2v) is 4.54. The maximum absolute atomic E-state index is 11.8. The maximum Gasteiger partial charge on any atom is 0.328 e. The number of H-pyrrole nitrogens is 1. The fourth-order valence-corrected chi connectivity index (χ4v) is 2.06. The Hall–Kier alpha value is -2.81. The highest BCUT2D eigenvalue weighted by Crippen LogP contribution is 2.19. The van der Waals surface area contributed by atoms with E-state index in [0.29, 0.717) is 23.3 Å². The van der Waals surface area contributed by atoms with E-state index in [1.165, 1.54) is 11.7 Å². The maximum atomic E-state index is 11.8. The summed E-state index contributed by atoms with van der Waals surface area (Å²) in [7, 11) is 1.50. The molecule has 1 aromatic carbocycles. The van der Waals surface area contributed by atoms with E-state index in [9.17, 15) is 9.59 Å². The van der Waals surface area contributed by atoms with E-state index in [1.807, 2.05) is 13.0 Å². The van der Waals surface area contributed by atoms with Gasteiger partial charge in [0.15, 0.2) is 0 Å². The lowest BCUT2D eigenvalue weighted by molar-refractivity contribution is 0.413. The van der Waals surface area contributed by atoms with Gasteiger partial charge < -0.3 is 4.74 Å². The average molecular weight is 285 g/mol. The molecule has 6 heteroatoms. The van der Waals surface area contributed by atoms with Crippen LogP contribution in [0.25, 0.3) is 0 Å². The third kappa shape index (κ3) is 3.03. The molecule has 0 unspecified atom stereocenters. The number of aromatic amines is 1. The lowest BCUT2D eigenvalue weighted by Gasteiger charge is -2.09. The first-order chi connectivity index (χ1) is 10.1. The molecule has 1 N–H and O–H groups in total. The van der Waals surface area contributed by atoms with Crippen LogP contribution in [0.15, 0.2) is 34.0 Å². The van der Waals surface area contributed by atoms with Gasteiger partial charge in [0, 0.05) is 11.8 Å². The molecule has 1 aromatic heterocycles. The topological polar surface area (TPSA) is 87.9 Å². The Morgan fingerprint density at radius 3 is 2.76 bits per heavy atom. The standard InChI is InChI=1S/C15H15N3O3/c1-3-11-9-18(15(20)17-14(11)19)8-10-4-5-13(21-2)12(6-10)7-16/h4-6,9H,3,8H2,1-2H3,(H,17,19,20). The monoisotopic (exact) mass is 285 g/mol. The number of nitriles is 1. The average Bonchev–Trinajstić information content (AvgIpc) is 2.49. The van der Waals surface area contributed by atoms with Crippen LogP contribution < -0.4 is 16.0 Å². The van der Waals surface area contributed by atoms with Gasteiger partial charge in [-0.25, -0.2) is 4.79 Å². The molecule has 2 rings (SSSR count). The third-order valence-electron chi connectivity index (χ3n) is 3.20. The Morgan fingerprint density at radius 1 is 1.38 bits per heavy atom. The molecule has 0 atom stereocenters. The molecule has 6 nitrogen and oxygen atoms in total. The van der Waals surface area contributed by atoms with Gasteiger partial charge in [0.05, 0.1) is 19.2 Å². The number of hydrogen-bond donors (Lipinski definition) is 1. The van der Waals surface area contributed by atoms with Crippen molar-refractivity contribution >= 4 is 0 Å². The summed E-state index contributed by atoms with van der Waals surface area (Å²) in [6.07, 6.45) is 2.10. The van der Waals surface area contributed by atoms with Crippen LogP contribution in [0, 0.1) is 11.3 Å². The van der Waals surface area contributed by atoms with Gasteiger partial charge in [-0.15, -0.1) is 0 Å². The highest BCUT2D eigenvalue weighted by atomic mass is 16.5. The quantitative estimate of drug-likeness (QED) is 0.908. The van der Waals surface area contributed by atoms with Crippen molar-refractivity contribution in [1.82, 2.24) is 9.55 Å².